The Morgan fingerprint density at radius 3 is 2.48 bits per heavy atom. The predicted octanol–water partition coefficient (Wildman–Crippen LogP) is 1.12. The highest BCUT2D eigenvalue weighted by Gasteiger charge is 2.23. The zero-order valence-corrected chi connectivity index (χ0v) is 15.7. The lowest BCUT2D eigenvalue weighted by molar-refractivity contribution is -0.885. The molecule has 134 valence electrons. The third kappa shape index (κ3) is 4.74. The molecule has 1 aliphatic rings. The van der Waals surface area contributed by atoms with Crippen molar-refractivity contribution in [1.29, 1.82) is 0 Å². The molecule has 2 aromatic rings. The van der Waals surface area contributed by atoms with E-state index in [1.807, 2.05) is 17.0 Å². The molecule has 1 aliphatic heterocycles. The first-order chi connectivity index (χ1) is 12.2. The third-order valence-electron chi connectivity index (χ3n) is 4.58. The Hall–Kier alpha value is -2.05. The van der Waals surface area contributed by atoms with Crippen LogP contribution >= 0.6 is 11.3 Å². The van der Waals surface area contributed by atoms with Crippen LogP contribution in [0, 0.1) is 0 Å². The standard InChI is InChI=1S/C19H25N3O2S/c1-20(14-18-4-3-13-25-18)15-19(23)22-11-9-21(10-12-22)16-5-7-17(24-2)8-6-16/h3-8,13H,9-12,14-15H2,1-2H3/p+1. The second-order valence-electron chi connectivity index (χ2n) is 6.46. The number of thiophene rings is 1. The molecule has 1 N–H and O–H groups in total. The summed E-state index contributed by atoms with van der Waals surface area (Å²) in [6.07, 6.45) is 0. The Morgan fingerprint density at radius 2 is 1.88 bits per heavy atom. The lowest BCUT2D eigenvalue weighted by Crippen LogP contribution is -3.08. The second kappa shape index (κ2) is 8.36. The highest BCUT2D eigenvalue weighted by Crippen LogP contribution is 2.20. The lowest BCUT2D eigenvalue weighted by atomic mass is 10.2. The van der Waals surface area contributed by atoms with Crippen LogP contribution in [-0.4, -0.2) is 57.7 Å². The number of rotatable bonds is 6. The number of quaternary nitrogens is 1. The minimum absolute atomic E-state index is 0.253. The number of carbonyl (C=O) groups excluding carboxylic acids is 1. The first kappa shape index (κ1) is 17.8. The van der Waals surface area contributed by atoms with Crippen molar-refractivity contribution in [1.82, 2.24) is 4.90 Å². The third-order valence-corrected chi connectivity index (χ3v) is 5.46. The van der Waals surface area contributed by atoms with E-state index >= 15 is 0 Å². The van der Waals surface area contributed by atoms with Gasteiger partial charge in [-0.3, -0.25) is 4.79 Å². The van der Waals surface area contributed by atoms with Crippen LogP contribution in [0.25, 0.3) is 0 Å². The number of hydrogen-bond donors (Lipinski definition) is 1. The summed E-state index contributed by atoms with van der Waals surface area (Å²) in [5.41, 5.74) is 1.19. The van der Waals surface area contributed by atoms with E-state index in [2.05, 4.69) is 41.6 Å². The van der Waals surface area contributed by atoms with E-state index in [9.17, 15) is 4.79 Å². The molecule has 0 saturated carbocycles. The normalized spacial score (nSPS) is 15.9. The maximum atomic E-state index is 12.5. The molecule has 1 aromatic heterocycles. The monoisotopic (exact) mass is 360 g/mol. The molecular formula is C19H26N3O2S+. The summed E-state index contributed by atoms with van der Waals surface area (Å²) in [4.78, 5) is 19.4. The van der Waals surface area contributed by atoms with Gasteiger partial charge in [0.05, 0.1) is 19.0 Å². The minimum Gasteiger partial charge on any atom is -0.497 e. The molecule has 6 heteroatoms. The largest absolute Gasteiger partial charge is 0.497 e. The zero-order valence-electron chi connectivity index (χ0n) is 14.9. The number of piperazine rings is 1. The van der Waals surface area contributed by atoms with E-state index < -0.39 is 0 Å². The molecule has 0 bridgehead atoms. The van der Waals surface area contributed by atoms with Crippen molar-refractivity contribution in [2.45, 2.75) is 6.54 Å². The Labute approximate surface area is 153 Å². The lowest BCUT2D eigenvalue weighted by Gasteiger charge is -2.36. The molecule has 1 unspecified atom stereocenters. The minimum atomic E-state index is 0.253. The average Bonchev–Trinajstić information content (AvgIpc) is 3.14. The summed E-state index contributed by atoms with van der Waals surface area (Å²) in [6, 6.07) is 12.3. The number of amides is 1. The van der Waals surface area contributed by atoms with Crippen LogP contribution in [0.5, 0.6) is 5.75 Å². The van der Waals surface area contributed by atoms with Crippen LogP contribution in [0.4, 0.5) is 5.69 Å². The first-order valence-electron chi connectivity index (χ1n) is 8.66. The molecule has 0 aliphatic carbocycles. The molecule has 0 spiro atoms. The topological polar surface area (TPSA) is 37.2 Å². The molecule has 1 saturated heterocycles. The van der Waals surface area contributed by atoms with Crippen LogP contribution in [0.3, 0.4) is 0 Å². The van der Waals surface area contributed by atoms with E-state index in [-0.39, 0.29) is 5.91 Å². The van der Waals surface area contributed by atoms with Gasteiger partial charge in [0, 0.05) is 31.9 Å². The molecule has 1 fully saturated rings. The second-order valence-corrected chi connectivity index (χ2v) is 7.49. The number of ether oxygens (including phenoxy) is 1. The maximum Gasteiger partial charge on any atom is 0.277 e. The quantitative estimate of drug-likeness (QED) is 0.839. The van der Waals surface area contributed by atoms with E-state index in [1.165, 1.54) is 15.5 Å². The fourth-order valence-electron chi connectivity index (χ4n) is 3.15. The van der Waals surface area contributed by atoms with Crippen LogP contribution in [0.15, 0.2) is 41.8 Å². The molecule has 0 radical (unpaired) electrons. The highest BCUT2D eigenvalue weighted by atomic mass is 32.1. The van der Waals surface area contributed by atoms with Crippen molar-refractivity contribution < 1.29 is 14.4 Å². The predicted molar refractivity (Wildman–Crippen MR) is 102 cm³/mol. The van der Waals surface area contributed by atoms with Crippen LogP contribution in [-0.2, 0) is 11.3 Å². The number of anilines is 1. The molecule has 2 heterocycles. The fraction of sp³-hybridized carbons (Fsp3) is 0.421. The Bertz CT molecular complexity index is 664. The maximum absolute atomic E-state index is 12.5. The Kier molecular flexibility index (Phi) is 5.94. The SMILES string of the molecule is COc1ccc(N2CCN(C(=O)C[NH+](C)Cc3cccs3)CC2)cc1. The summed E-state index contributed by atoms with van der Waals surface area (Å²) in [7, 11) is 3.77. The summed E-state index contributed by atoms with van der Waals surface area (Å²) in [5, 5.41) is 2.09. The van der Waals surface area contributed by atoms with Crippen molar-refractivity contribution in [3.8, 4) is 5.75 Å². The number of likely N-dealkylation sites (N-methyl/N-ethyl adjacent to an activating group) is 1. The van der Waals surface area contributed by atoms with Gasteiger partial charge < -0.3 is 19.4 Å². The molecule has 25 heavy (non-hydrogen) atoms. The number of nitrogens with zero attached hydrogens (tertiary/aromatic N) is 2. The van der Waals surface area contributed by atoms with Crippen molar-refractivity contribution in [3.05, 3.63) is 46.7 Å². The molecule has 1 aromatic carbocycles. The van der Waals surface area contributed by atoms with E-state index in [0.29, 0.717) is 6.54 Å². The summed E-state index contributed by atoms with van der Waals surface area (Å²) in [5.74, 6) is 1.12. The van der Waals surface area contributed by atoms with Gasteiger partial charge in [-0.1, -0.05) is 6.07 Å². The average molecular weight is 361 g/mol. The highest BCUT2D eigenvalue weighted by molar-refractivity contribution is 7.09. The van der Waals surface area contributed by atoms with E-state index in [1.54, 1.807) is 18.4 Å². The number of carbonyl (C=O) groups is 1. The van der Waals surface area contributed by atoms with E-state index in [0.717, 1.165) is 38.5 Å². The summed E-state index contributed by atoms with van der Waals surface area (Å²) < 4.78 is 5.21. The van der Waals surface area contributed by atoms with Gasteiger partial charge >= 0.3 is 0 Å². The number of benzene rings is 1. The smallest absolute Gasteiger partial charge is 0.277 e. The van der Waals surface area contributed by atoms with Crippen molar-refractivity contribution in [3.63, 3.8) is 0 Å². The van der Waals surface area contributed by atoms with E-state index in [4.69, 9.17) is 4.74 Å². The molecule has 3 rings (SSSR count). The van der Waals surface area contributed by atoms with Crippen molar-refractivity contribution in [2.24, 2.45) is 0 Å². The summed E-state index contributed by atoms with van der Waals surface area (Å²) in [6.45, 7) is 4.80. The van der Waals surface area contributed by atoms with Gasteiger partial charge in [-0.05, 0) is 35.7 Å². The number of methoxy groups -OCH3 is 1. The number of hydrogen-bond acceptors (Lipinski definition) is 4. The molecule has 1 amide bonds. The zero-order chi connectivity index (χ0) is 17.6. The fourth-order valence-corrected chi connectivity index (χ4v) is 3.97. The van der Waals surface area contributed by atoms with Gasteiger partial charge in [-0.2, -0.15) is 0 Å². The van der Waals surface area contributed by atoms with Gasteiger partial charge in [0.2, 0.25) is 0 Å². The van der Waals surface area contributed by atoms with Gasteiger partial charge in [-0.25, -0.2) is 0 Å². The van der Waals surface area contributed by atoms with Gasteiger partial charge in [0.25, 0.3) is 5.91 Å². The Morgan fingerprint density at radius 1 is 1.16 bits per heavy atom. The number of nitrogens with one attached hydrogen (secondary N) is 1. The Balaban J connectivity index is 1.46. The summed E-state index contributed by atoms with van der Waals surface area (Å²) >= 11 is 1.75. The van der Waals surface area contributed by atoms with Crippen LogP contribution in [0.1, 0.15) is 4.88 Å². The van der Waals surface area contributed by atoms with Gasteiger partial charge in [-0.15, -0.1) is 11.3 Å². The molecule has 1 atom stereocenters. The van der Waals surface area contributed by atoms with Gasteiger partial charge in [0.15, 0.2) is 6.54 Å². The van der Waals surface area contributed by atoms with Crippen LogP contribution in [0.2, 0.25) is 0 Å². The molecular weight excluding hydrogens is 334 g/mol. The van der Waals surface area contributed by atoms with Crippen LogP contribution < -0.4 is 14.5 Å². The van der Waals surface area contributed by atoms with Crippen molar-refractivity contribution in [2.75, 3.05) is 51.8 Å². The van der Waals surface area contributed by atoms with Crippen molar-refractivity contribution >= 4 is 22.9 Å². The van der Waals surface area contributed by atoms with Gasteiger partial charge in [0.1, 0.15) is 12.3 Å². The first-order valence-corrected chi connectivity index (χ1v) is 9.54. The molecule has 5 nitrogen and oxygen atoms in total.